The lowest BCUT2D eigenvalue weighted by Crippen LogP contribution is -2.29. The molecule has 15 heavy (non-hydrogen) atoms. The number of aromatic amines is 1. The maximum atomic E-state index is 5.50. The van der Waals surface area contributed by atoms with Crippen molar-refractivity contribution in [3.8, 4) is 0 Å². The lowest BCUT2D eigenvalue weighted by molar-refractivity contribution is 0.0756. The van der Waals surface area contributed by atoms with Gasteiger partial charge in [-0.1, -0.05) is 0 Å². The van der Waals surface area contributed by atoms with Crippen molar-refractivity contribution in [2.45, 2.75) is 38.4 Å². The van der Waals surface area contributed by atoms with Crippen LogP contribution in [0, 0.1) is 0 Å². The first-order chi connectivity index (χ1) is 7.34. The third kappa shape index (κ3) is 1.58. The van der Waals surface area contributed by atoms with Gasteiger partial charge in [-0.05, 0) is 26.3 Å². The van der Waals surface area contributed by atoms with Crippen LogP contribution in [0.1, 0.15) is 49.0 Å². The number of nitrogens with one attached hydrogen (secondary N) is 2. The van der Waals surface area contributed by atoms with Gasteiger partial charge in [0, 0.05) is 12.5 Å². The van der Waals surface area contributed by atoms with E-state index in [1.807, 2.05) is 0 Å². The van der Waals surface area contributed by atoms with Gasteiger partial charge in [0.25, 0.3) is 0 Å². The van der Waals surface area contributed by atoms with Crippen LogP contribution < -0.4 is 5.32 Å². The summed E-state index contributed by atoms with van der Waals surface area (Å²) in [4.78, 5) is 8.09. The molecule has 4 nitrogen and oxygen atoms in total. The maximum Gasteiger partial charge on any atom is 0.111 e. The fraction of sp³-hybridized carbons (Fsp3) is 0.727. The van der Waals surface area contributed by atoms with E-state index in [4.69, 9.17) is 4.74 Å². The van der Waals surface area contributed by atoms with Crippen LogP contribution in [0.3, 0.4) is 0 Å². The van der Waals surface area contributed by atoms with E-state index in [9.17, 15) is 0 Å². The Morgan fingerprint density at radius 3 is 3.13 bits per heavy atom. The Balaban J connectivity index is 1.84. The van der Waals surface area contributed by atoms with E-state index in [0.29, 0.717) is 12.5 Å². The van der Waals surface area contributed by atoms with Gasteiger partial charge < -0.3 is 15.0 Å². The molecule has 0 saturated carbocycles. The average Bonchev–Trinajstić information content (AvgIpc) is 2.83. The molecule has 1 aromatic rings. The number of H-pyrrole nitrogens is 1. The number of nitrogens with zero attached hydrogens (tertiary/aromatic N) is 1. The second-order valence-electron chi connectivity index (χ2n) is 4.48. The van der Waals surface area contributed by atoms with Crippen molar-refractivity contribution in [3.05, 3.63) is 17.2 Å². The van der Waals surface area contributed by atoms with Crippen molar-refractivity contribution in [1.82, 2.24) is 15.3 Å². The minimum absolute atomic E-state index is 0.168. The molecular weight excluding hydrogens is 190 g/mol. The van der Waals surface area contributed by atoms with Crippen LogP contribution in [0.2, 0.25) is 0 Å². The largest absolute Gasteiger partial charge is 0.366 e. The summed E-state index contributed by atoms with van der Waals surface area (Å²) in [7, 11) is 0. The van der Waals surface area contributed by atoms with E-state index in [-0.39, 0.29) is 6.10 Å². The Morgan fingerprint density at radius 2 is 2.40 bits per heavy atom. The second-order valence-corrected chi connectivity index (χ2v) is 4.48. The van der Waals surface area contributed by atoms with Gasteiger partial charge in [-0.25, -0.2) is 4.98 Å². The predicted molar refractivity (Wildman–Crippen MR) is 56.6 cm³/mol. The SMILES string of the molecule is CC1OCc2[nH]c(C3CCCNC3)nc21. The van der Waals surface area contributed by atoms with Gasteiger partial charge in [-0.2, -0.15) is 0 Å². The zero-order chi connectivity index (χ0) is 10.3. The van der Waals surface area contributed by atoms with Crippen molar-refractivity contribution < 1.29 is 4.74 Å². The zero-order valence-corrected chi connectivity index (χ0v) is 9.05. The lowest BCUT2D eigenvalue weighted by Gasteiger charge is -2.20. The van der Waals surface area contributed by atoms with Gasteiger partial charge in [0.15, 0.2) is 0 Å². The quantitative estimate of drug-likeness (QED) is 0.733. The number of rotatable bonds is 1. The first-order valence-corrected chi connectivity index (χ1v) is 5.75. The van der Waals surface area contributed by atoms with Gasteiger partial charge in [0.1, 0.15) is 5.82 Å². The Labute approximate surface area is 89.4 Å². The third-order valence-corrected chi connectivity index (χ3v) is 3.38. The normalized spacial score (nSPS) is 30.5. The topological polar surface area (TPSA) is 49.9 Å². The van der Waals surface area contributed by atoms with Crippen LogP contribution in [-0.4, -0.2) is 23.1 Å². The minimum atomic E-state index is 0.168. The Hall–Kier alpha value is -0.870. The average molecular weight is 207 g/mol. The molecule has 0 bridgehead atoms. The summed E-state index contributed by atoms with van der Waals surface area (Å²) in [5, 5.41) is 3.42. The summed E-state index contributed by atoms with van der Waals surface area (Å²) in [6.07, 6.45) is 2.66. The molecule has 0 aromatic carbocycles. The third-order valence-electron chi connectivity index (χ3n) is 3.38. The molecule has 3 rings (SSSR count). The van der Waals surface area contributed by atoms with Crippen LogP contribution in [0.25, 0.3) is 0 Å². The molecule has 0 spiro atoms. The number of hydrogen-bond acceptors (Lipinski definition) is 3. The second kappa shape index (κ2) is 3.61. The summed E-state index contributed by atoms with van der Waals surface area (Å²) in [5.41, 5.74) is 2.30. The molecule has 2 N–H and O–H groups in total. The molecular formula is C11H17N3O. The first-order valence-electron chi connectivity index (χ1n) is 5.75. The molecule has 1 fully saturated rings. The number of ether oxygens (including phenoxy) is 1. The molecule has 1 saturated heterocycles. The predicted octanol–water partition coefficient (Wildman–Crippen LogP) is 1.47. The fourth-order valence-electron chi connectivity index (χ4n) is 2.46. The Kier molecular flexibility index (Phi) is 2.25. The van der Waals surface area contributed by atoms with Crippen LogP contribution in [0.5, 0.6) is 0 Å². The zero-order valence-electron chi connectivity index (χ0n) is 9.05. The number of hydrogen-bond donors (Lipinski definition) is 2. The maximum absolute atomic E-state index is 5.50. The van der Waals surface area contributed by atoms with Crippen LogP contribution in [0.4, 0.5) is 0 Å². The summed E-state index contributed by atoms with van der Waals surface area (Å²) in [6, 6.07) is 0. The number of aromatic nitrogens is 2. The molecule has 0 radical (unpaired) electrons. The van der Waals surface area contributed by atoms with Crippen LogP contribution in [-0.2, 0) is 11.3 Å². The molecule has 82 valence electrons. The highest BCUT2D eigenvalue weighted by Crippen LogP contribution is 2.31. The molecule has 4 heteroatoms. The van der Waals surface area contributed by atoms with E-state index in [1.54, 1.807) is 0 Å². The van der Waals surface area contributed by atoms with E-state index >= 15 is 0 Å². The highest BCUT2D eigenvalue weighted by molar-refractivity contribution is 5.21. The van der Waals surface area contributed by atoms with Crippen molar-refractivity contribution in [1.29, 1.82) is 0 Å². The lowest BCUT2D eigenvalue weighted by atomic mass is 9.99. The number of piperidine rings is 1. The van der Waals surface area contributed by atoms with Crippen LogP contribution >= 0.6 is 0 Å². The molecule has 2 atom stereocenters. The van der Waals surface area contributed by atoms with E-state index in [1.165, 1.54) is 18.5 Å². The highest BCUT2D eigenvalue weighted by Gasteiger charge is 2.27. The van der Waals surface area contributed by atoms with Crippen molar-refractivity contribution in [2.24, 2.45) is 0 Å². The van der Waals surface area contributed by atoms with Gasteiger partial charge in [-0.3, -0.25) is 0 Å². The summed E-state index contributed by atoms with van der Waals surface area (Å²) in [6.45, 7) is 4.97. The fourth-order valence-corrected chi connectivity index (χ4v) is 2.46. The van der Waals surface area contributed by atoms with Gasteiger partial charge in [-0.15, -0.1) is 0 Å². The molecule has 2 aliphatic heterocycles. The number of imidazole rings is 1. The van der Waals surface area contributed by atoms with E-state index in [0.717, 1.165) is 24.6 Å². The van der Waals surface area contributed by atoms with E-state index < -0.39 is 0 Å². The minimum Gasteiger partial charge on any atom is -0.366 e. The molecule has 1 aromatic heterocycles. The summed E-state index contributed by atoms with van der Waals surface area (Å²) in [5.74, 6) is 1.72. The summed E-state index contributed by atoms with van der Waals surface area (Å²) < 4.78 is 5.50. The molecule has 0 aliphatic carbocycles. The molecule has 3 heterocycles. The standard InChI is InChI=1S/C11H17N3O/c1-7-10-9(6-15-7)13-11(14-10)8-3-2-4-12-5-8/h7-8,12H,2-6H2,1H3,(H,13,14). The first kappa shape index (κ1) is 9.36. The van der Waals surface area contributed by atoms with Crippen molar-refractivity contribution >= 4 is 0 Å². The summed E-state index contributed by atoms with van der Waals surface area (Å²) >= 11 is 0. The molecule has 0 amide bonds. The molecule has 2 aliphatic rings. The number of fused-ring (bicyclic) bond motifs is 1. The van der Waals surface area contributed by atoms with Crippen molar-refractivity contribution in [3.63, 3.8) is 0 Å². The van der Waals surface area contributed by atoms with Gasteiger partial charge >= 0.3 is 0 Å². The monoisotopic (exact) mass is 207 g/mol. The van der Waals surface area contributed by atoms with Gasteiger partial charge in [0.2, 0.25) is 0 Å². The van der Waals surface area contributed by atoms with E-state index in [2.05, 4.69) is 22.2 Å². The highest BCUT2D eigenvalue weighted by atomic mass is 16.5. The molecule has 2 unspecified atom stereocenters. The Morgan fingerprint density at radius 1 is 1.47 bits per heavy atom. The smallest absolute Gasteiger partial charge is 0.111 e. The van der Waals surface area contributed by atoms with Crippen LogP contribution in [0.15, 0.2) is 0 Å². The van der Waals surface area contributed by atoms with Gasteiger partial charge in [0.05, 0.1) is 24.1 Å². The Bertz CT molecular complexity index is 355. The van der Waals surface area contributed by atoms with Crippen molar-refractivity contribution in [2.75, 3.05) is 13.1 Å².